The van der Waals surface area contributed by atoms with E-state index in [2.05, 4.69) is 22.9 Å². The highest BCUT2D eigenvalue weighted by molar-refractivity contribution is 5.04. The van der Waals surface area contributed by atoms with Gasteiger partial charge in [0.2, 0.25) is 0 Å². The molecule has 0 aliphatic heterocycles. The molecule has 0 amide bonds. The van der Waals surface area contributed by atoms with Gasteiger partial charge in [-0.1, -0.05) is 6.58 Å². The second-order valence-electron chi connectivity index (χ2n) is 5.01. The minimum atomic E-state index is 0.639. The molecule has 0 bridgehead atoms. The van der Waals surface area contributed by atoms with Gasteiger partial charge in [-0.25, -0.2) is 0 Å². The van der Waals surface area contributed by atoms with Crippen molar-refractivity contribution in [1.82, 2.24) is 10.2 Å². The third-order valence-electron chi connectivity index (χ3n) is 3.22. The molecule has 2 fully saturated rings. The van der Waals surface area contributed by atoms with Crippen LogP contribution in [0.15, 0.2) is 12.2 Å². The summed E-state index contributed by atoms with van der Waals surface area (Å²) in [6.07, 6.45) is 5.89. The first-order chi connectivity index (χ1) is 7.79. The van der Waals surface area contributed by atoms with E-state index in [4.69, 9.17) is 5.26 Å². The van der Waals surface area contributed by atoms with Crippen LogP contribution in [-0.4, -0.2) is 36.6 Å². The lowest BCUT2D eigenvalue weighted by atomic mass is 10.2. The minimum Gasteiger partial charge on any atom is -0.310 e. The van der Waals surface area contributed by atoms with Gasteiger partial charge in [0.25, 0.3) is 0 Å². The average Bonchev–Trinajstić information content (AvgIpc) is 3.15. The van der Waals surface area contributed by atoms with Gasteiger partial charge in [-0.3, -0.25) is 4.90 Å². The van der Waals surface area contributed by atoms with Crippen molar-refractivity contribution in [3.63, 3.8) is 0 Å². The summed E-state index contributed by atoms with van der Waals surface area (Å²) in [5.74, 6) is 0. The van der Waals surface area contributed by atoms with Crippen LogP contribution in [0.3, 0.4) is 0 Å². The van der Waals surface area contributed by atoms with Crippen LogP contribution >= 0.6 is 0 Å². The Morgan fingerprint density at radius 3 is 2.69 bits per heavy atom. The van der Waals surface area contributed by atoms with Crippen LogP contribution in [0.4, 0.5) is 0 Å². The molecule has 1 N–H and O–H groups in total. The fraction of sp³-hybridized carbons (Fsp3) is 0.769. The molecule has 16 heavy (non-hydrogen) atoms. The lowest BCUT2D eigenvalue weighted by Gasteiger charge is -2.22. The highest BCUT2D eigenvalue weighted by atomic mass is 15.2. The van der Waals surface area contributed by atoms with Gasteiger partial charge in [0.15, 0.2) is 0 Å². The van der Waals surface area contributed by atoms with Gasteiger partial charge < -0.3 is 5.32 Å². The van der Waals surface area contributed by atoms with Crippen molar-refractivity contribution in [3.8, 4) is 6.07 Å². The standard InChI is InChI=1S/C13H21N3/c1-11(9-15-12-3-4-12)10-16(8-2-7-14)13-5-6-13/h12-13,15H,1-6,8-10H2. The normalized spacial score (nSPS) is 19.8. The van der Waals surface area contributed by atoms with E-state index in [-0.39, 0.29) is 0 Å². The summed E-state index contributed by atoms with van der Waals surface area (Å²) in [5, 5.41) is 12.1. The Bertz CT molecular complexity index is 284. The molecular formula is C13H21N3. The lowest BCUT2D eigenvalue weighted by Crippen LogP contribution is -2.32. The van der Waals surface area contributed by atoms with Gasteiger partial charge in [-0.05, 0) is 31.3 Å². The number of hydrogen-bond donors (Lipinski definition) is 1. The molecule has 0 heterocycles. The number of hydrogen-bond acceptors (Lipinski definition) is 3. The van der Waals surface area contributed by atoms with Gasteiger partial charge in [0.05, 0.1) is 6.07 Å². The van der Waals surface area contributed by atoms with Crippen LogP contribution < -0.4 is 5.32 Å². The second kappa shape index (κ2) is 5.47. The number of nitrogens with zero attached hydrogens (tertiary/aromatic N) is 2. The zero-order valence-electron chi connectivity index (χ0n) is 9.91. The third-order valence-corrected chi connectivity index (χ3v) is 3.22. The molecule has 3 heteroatoms. The van der Waals surface area contributed by atoms with E-state index in [1.54, 1.807) is 0 Å². The van der Waals surface area contributed by atoms with Crippen molar-refractivity contribution < 1.29 is 0 Å². The Labute approximate surface area is 98.1 Å². The SMILES string of the molecule is C=C(CNC1CC1)CN(CCC#N)C1CC1. The molecule has 2 aliphatic rings. The smallest absolute Gasteiger partial charge is 0.0635 e. The maximum absolute atomic E-state index is 8.62. The van der Waals surface area contributed by atoms with Crippen LogP contribution in [0.1, 0.15) is 32.1 Å². The Hall–Kier alpha value is -0.850. The summed E-state index contributed by atoms with van der Waals surface area (Å²) < 4.78 is 0. The van der Waals surface area contributed by atoms with Crippen LogP contribution in [0.25, 0.3) is 0 Å². The van der Waals surface area contributed by atoms with E-state index >= 15 is 0 Å². The molecule has 88 valence electrons. The first kappa shape index (κ1) is 11.6. The fourth-order valence-electron chi connectivity index (χ4n) is 1.94. The topological polar surface area (TPSA) is 39.1 Å². The molecule has 0 unspecified atom stereocenters. The summed E-state index contributed by atoms with van der Waals surface area (Å²) in [6.45, 7) is 6.94. The van der Waals surface area contributed by atoms with Gasteiger partial charge in [0, 0.05) is 38.1 Å². The van der Waals surface area contributed by atoms with E-state index < -0.39 is 0 Å². The first-order valence-electron chi connectivity index (χ1n) is 6.30. The maximum atomic E-state index is 8.62. The van der Waals surface area contributed by atoms with Crippen molar-refractivity contribution >= 4 is 0 Å². The van der Waals surface area contributed by atoms with Crippen LogP contribution in [0.5, 0.6) is 0 Å². The molecule has 0 spiro atoms. The zero-order chi connectivity index (χ0) is 11.4. The molecule has 0 aromatic heterocycles. The second-order valence-corrected chi connectivity index (χ2v) is 5.01. The predicted molar refractivity (Wildman–Crippen MR) is 65.0 cm³/mol. The average molecular weight is 219 g/mol. The lowest BCUT2D eigenvalue weighted by molar-refractivity contribution is 0.290. The van der Waals surface area contributed by atoms with E-state index in [0.717, 1.165) is 31.7 Å². The molecule has 0 saturated heterocycles. The van der Waals surface area contributed by atoms with Crippen molar-refractivity contribution in [3.05, 3.63) is 12.2 Å². The third kappa shape index (κ3) is 3.96. The van der Waals surface area contributed by atoms with Crippen molar-refractivity contribution in [2.75, 3.05) is 19.6 Å². The summed E-state index contributed by atoms with van der Waals surface area (Å²) in [5.41, 5.74) is 1.26. The minimum absolute atomic E-state index is 0.639. The predicted octanol–water partition coefficient (Wildman–Crippen LogP) is 1.67. The fourth-order valence-corrected chi connectivity index (χ4v) is 1.94. The molecule has 0 radical (unpaired) electrons. The van der Waals surface area contributed by atoms with E-state index in [1.807, 2.05) is 0 Å². The quantitative estimate of drug-likeness (QED) is 0.631. The van der Waals surface area contributed by atoms with Crippen molar-refractivity contribution in [1.29, 1.82) is 5.26 Å². The monoisotopic (exact) mass is 219 g/mol. The van der Waals surface area contributed by atoms with Crippen molar-refractivity contribution in [2.45, 2.75) is 44.2 Å². The molecule has 3 nitrogen and oxygen atoms in total. The van der Waals surface area contributed by atoms with Crippen LogP contribution in [0, 0.1) is 11.3 Å². The van der Waals surface area contributed by atoms with E-state index in [1.165, 1.54) is 31.3 Å². The molecule has 0 aromatic rings. The largest absolute Gasteiger partial charge is 0.310 e. The zero-order valence-corrected chi connectivity index (χ0v) is 9.91. The van der Waals surface area contributed by atoms with Crippen molar-refractivity contribution in [2.24, 2.45) is 0 Å². The summed E-state index contributed by atoms with van der Waals surface area (Å²) in [6, 6.07) is 3.71. The van der Waals surface area contributed by atoms with Gasteiger partial charge >= 0.3 is 0 Å². The van der Waals surface area contributed by atoms with Crippen LogP contribution in [0.2, 0.25) is 0 Å². The number of rotatable bonds is 8. The van der Waals surface area contributed by atoms with E-state index in [9.17, 15) is 0 Å². The first-order valence-corrected chi connectivity index (χ1v) is 6.30. The Kier molecular flexibility index (Phi) is 3.98. The summed E-state index contributed by atoms with van der Waals surface area (Å²) >= 11 is 0. The number of nitriles is 1. The highest BCUT2D eigenvalue weighted by Crippen LogP contribution is 2.27. The number of nitrogens with one attached hydrogen (secondary N) is 1. The van der Waals surface area contributed by atoms with E-state index in [0.29, 0.717) is 6.42 Å². The Balaban J connectivity index is 1.66. The molecule has 2 saturated carbocycles. The molecule has 2 aliphatic carbocycles. The Morgan fingerprint density at radius 2 is 2.12 bits per heavy atom. The van der Waals surface area contributed by atoms with Gasteiger partial charge in [-0.2, -0.15) is 5.26 Å². The summed E-state index contributed by atoms with van der Waals surface area (Å²) in [4.78, 5) is 2.42. The van der Waals surface area contributed by atoms with Crippen LogP contribution in [-0.2, 0) is 0 Å². The molecule has 0 atom stereocenters. The Morgan fingerprint density at radius 1 is 1.38 bits per heavy atom. The molecular weight excluding hydrogens is 198 g/mol. The van der Waals surface area contributed by atoms with Gasteiger partial charge in [0.1, 0.15) is 0 Å². The highest BCUT2D eigenvalue weighted by Gasteiger charge is 2.28. The summed E-state index contributed by atoms with van der Waals surface area (Å²) in [7, 11) is 0. The molecule has 2 rings (SSSR count). The molecule has 0 aromatic carbocycles. The maximum Gasteiger partial charge on any atom is 0.0635 e. The van der Waals surface area contributed by atoms with Gasteiger partial charge in [-0.15, -0.1) is 0 Å².